The molecule has 0 amide bonds. The first-order chi connectivity index (χ1) is 9.81. The van der Waals surface area contributed by atoms with Gasteiger partial charge in [0.25, 0.3) is 5.69 Å². The monoisotopic (exact) mass is 318 g/mol. The Hall–Kier alpha value is -1.55. The van der Waals surface area contributed by atoms with Gasteiger partial charge in [0.15, 0.2) is 0 Å². The number of hydrogen-bond donors (Lipinski definition) is 2. The zero-order valence-corrected chi connectivity index (χ0v) is 12.6. The van der Waals surface area contributed by atoms with Crippen LogP contribution in [0.4, 0.5) is 5.69 Å². The van der Waals surface area contributed by atoms with Crippen molar-refractivity contribution in [3.05, 3.63) is 33.9 Å². The molecule has 0 spiro atoms. The summed E-state index contributed by atoms with van der Waals surface area (Å²) in [6.45, 7) is 1.42. The Labute approximate surface area is 122 Å². The van der Waals surface area contributed by atoms with Gasteiger partial charge in [0, 0.05) is 31.9 Å². The fourth-order valence-corrected chi connectivity index (χ4v) is 3.35. The van der Waals surface area contributed by atoms with Gasteiger partial charge in [-0.2, -0.15) is 0 Å². The third-order valence-electron chi connectivity index (χ3n) is 2.83. The minimum atomic E-state index is -3.84. The molecular weight excluding hydrogens is 300 g/mol. The van der Waals surface area contributed by atoms with Gasteiger partial charge in [0.05, 0.1) is 16.4 Å². The van der Waals surface area contributed by atoms with E-state index in [2.05, 4.69) is 4.72 Å². The average Bonchev–Trinajstić information content (AvgIpc) is 2.38. The number of benzene rings is 1. The maximum Gasteiger partial charge on any atom is 0.269 e. The van der Waals surface area contributed by atoms with Crippen molar-refractivity contribution in [3.8, 4) is 0 Å². The number of nitrogens with one attached hydrogen (secondary N) is 1. The number of nitro benzene ring substituents is 1. The van der Waals surface area contributed by atoms with Crippen LogP contribution >= 0.6 is 0 Å². The molecule has 1 atom stereocenters. The van der Waals surface area contributed by atoms with Crippen LogP contribution in [0.25, 0.3) is 0 Å². The van der Waals surface area contributed by atoms with Gasteiger partial charge in [-0.05, 0) is 25.0 Å². The number of methoxy groups -OCH3 is 1. The van der Waals surface area contributed by atoms with Gasteiger partial charge < -0.3 is 9.84 Å². The lowest BCUT2D eigenvalue weighted by atomic mass is 10.2. The number of ether oxygens (including phenoxy) is 1. The molecular formula is C12H18N2O6S. The van der Waals surface area contributed by atoms with Crippen LogP contribution in [0.1, 0.15) is 12.0 Å². The summed E-state index contributed by atoms with van der Waals surface area (Å²) in [7, 11) is -2.41. The minimum Gasteiger partial charge on any atom is -0.396 e. The SMILES string of the molecule is COCC(CCO)NS(=O)(=O)c1ccc([N+](=O)[O-])cc1C. The van der Waals surface area contributed by atoms with E-state index >= 15 is 0 Å². The number of non-ortho nitro benzene ring substituents is 1. The molecule has 0 heterocycles. The molecule has 118 valence electrons. The van der Waals surface area contributed by atoms with Crippen molar-refractivity contribution in [2.75, 3.05) is 20.3 Å². The van der Waals surface area contributed by atoms with Crippen molar-refractivity contribution in [2.45, 2.75) is 24.3 Å². The fraction of sp³-hybridized carbons (Fsp3) is 0.500. The second-order valence-electron chi connectivity index (χ2n) is 4.49. The Kier molecular flexibility index (Phi) is 6.21. The Morgan fingerprint density at radius 1 is 1.48 bits per heavy atom. The van der Waals surface area contributed by atoms with Crippen molar-refractivity contribution in [3.63, 3.8) is 0 Å². The first kappa shape index (κ1) is 17.5. The lowest BCUT2D eigenvalue weighted by molar-refractivity contribution is -0.385. The molecule has 0 bridgehead atoms. The number of aryl methyl sites for hydroxylation is 1. The van der Waals surface area contributed by atoms with Crippen LogP contribution in [0, 0.1) is 17.0 Å². The number of nitro groups is 1. The quantitative estimate of drug-likeness (QED) is 0.534. The van der Waals surface area contributed by atoms with Crippen LogP contribution in [0.15, 0.2) is 23.1 Å². The first-order valence-electron chi connectivity index (χ1n) is 6.19. The second kappa shape index (κ2) is 7.46. The number of aliphatic hydroxyl groups excluding tert-OH is 1. The van der Waals surface area contributed by atoms with Crippen LogP contribution in [0.5, 0.6) is 0 Å². The largest absolute Gasteiger partial charge is 0.396 e. The number of aliphatic hydroxyl groups is 1. The molecule has 2 N–H and O–H groups in total. The predicted molar refractivity (Wildman–Crippen MR) is 75.5 cm³/mol. The van der Waals surface area contributed by atoms with Crippen molar-refractivity contribution in [1.82, 2.24) is 4.72 Å². The molecule has 1 rings (SSSR count). The summed E-state index contributed by atoms with van der Waals surface area (Å²) in [5.74, 6) is 0. The number of nitrogens with zero attached hydrogens (tertiary/aromatic N) is 1. The predicted octanol–water partition coefficient (Wildman–Crippen LogP) is 0.579. The van der Waals surface area contributed by atoms with Crippen molar-refractivity contribution >= 4 is 15.7 Å². The molecule has 0 aliphatic carbocycles. The molecule has 0 radical (unpaired) electrons. The summed E-state index contributed by atoms with van der Waals surface area (Å²) in [6.07, 6.45) is 0.207. The lowest BCUT2D eigenvalue weighted by Gasteiger charge is -2.17. The van der Waals surface area contributed by atoms with E-state index in [1.807, 2.05) is 0 Å². The summed E-state index contributed by atoms with van der Waals surface area (Å²) < 4.78 is 31.9. The van der Waals surface area contributed by atoms with Gasteiger partial charge in [-0.25, -0.2) is 13.1 Å². The van der Waals surface area contributed by atoms with Gasteiger partial charge in [-0.1, -0.05) is 0 Å². The smallest absolute Gasteiger partial charge is 0.269 e. The van der Waals surface area contributed by atoms with E-state index in [1.165, 1.54) is 26.2 Å². The minimum absolute atomic E-state index is 0.0351. The second-order valence-corrected chi connectivity index (χ2v) is 6.18. The van der Waals surface area contributed by atoms with Crippen LogP contribution in [-0.4, -0.2) is 44.8 Å². The zero-order valence-electron chi connectivity index (χ0n) is 11.8. The van der Waals surface area contributed by atoms with Gasteiger partial charge in [0.1, 0.15) is 0 Å². The van der Waals surface area contributed by atoms with E-state index in [4.69, 9.17) is 9.84 Å². The number of rotatable bonds is 8. The highest BCUT2D eigenvalue weighted by Crippen LogP contribution is 2.21. The van der Waals surface area contributed by atoms with E-state index in [9.17, 15) is 18.5 Å². The maximum atomic E-state index is 12.3. The van der Waals surface area contributed by atoms with E-state index in [-0.39, 0.29) is 35.8 Å². The molecule has 0 saturated carbocycles. The molecule has 0 aliphatic rings. The highest BCUT2D eigenvalue weighted by Gasteiger charge is 2.23. The third-order valence-corrected chi connectivity index (χ3v) is 4.51. The molecule has 1 unspecified atom stereocenters. The van der Waals surface area contributed by atoms with Crippen molar-refractivity contribution < 1.29 is 23.2 Å². The Bertz CT molecular complexity index is 596. The number of hydrogen-bond acceptors (Lipinski definition) is 6. The van der Waals surface area contributed by atoms with E-state index in [0.717, 1.165) is 6.07 Å². The van der Waals surface area contributed by atoms with E-state index in [0.29, 0.717) is 0 Å². The van der Waals surface area contributed by atoms with Crippen LogP contribution in [-0.2, 0) is 14.8 Å². The Morgan fingerprint density at radius 2 is 2.14 bits per heavy atom. The average molecular weight is 318 g/mol. The van der Waals surface area contributed by atoms with Crippen LogP contribution in [0.3, 0.4) is 0 Å². The zero-order chi connectivity index (χ0) is 16.0. The molecule has 0 fully saturated rings. The summed E-state index contributed by atoms with van der Waals surface area (Å²) in [4.78, 5) is 10.0. The van der Waals surface area contributed by atoms with Gasteiger partial charge >= 0.3 is 0 Å². The molecule has 1 aromatic rings. The molecule has 0 aromatic heterocycles. The maximum absolute atomic E-state index is 12.3. The molecule has 9 heteroatoms. The Balaban J connectivity index is 3.04. The van der Waals surface area contributed by atoms with Crippen LogP contribution < -0.4 is 4.72 Å². The van der Waals surface area contributed by atoms with Crippen molar-refractivity contribution in [1.29, 1.82) is 0 Å². The van der Waals surface area contributed by atoms with E-state index in [1.54, 1.807) is 0 Å². The van der Waals surface area contributed by atoms with Gasteiger partial charge in [0.2, 0.25) is 10.0 Å². The molecule has 8 nitrogen and oxygen atoms in total. The Morgan fingerprint density at radius 3 is 2.62 bits per heavy atom. The standard InChI is InChI=1S/C12H18N2O6S/c1-9-7-11(14(16)17)3-4-12(9)21(18,19)13-10(5-6-15)8-20-2/h3-4,7,10,13,15H,5-6,8H2,1-2H3. The van der Waals surface area contributed by atoms with E-state index < -0.39 is 21.0 Å². The van der Waals surface area contributed by atoms with Crippen LogP contribution in [0.2, 0.25) is 0 Å². The third kappa shape index (κ3) is 4.74. The van der Waals surface area contributed by atoms with Gasteiger partial charge in [-0.3, -0.25) is 10.1 Å². The molecule has 1 aromatic carbocycles. The lowest BCUT2D eigenvalue weighted by Crippen LogP contribution is -2.38. The fourth-order valence-electron chi connectivity index (χ4n) is 1.86. The van der Waals surface area contributed by atoms with Gasteiger partial charge in [-0.15, -0.1) is 0 Å². The number of sulfonamides is 1. The summed E-state index contributed by atoms with van der Waals surface area (Å²) in [5, 5.41) is 19.6. The molecule has 21 heavy (non-hydrogen) atoms. The normalized spacial score (nSPS) is 13.1. The summed E-state index contributed by atoms with van der Waals surface area (Å²) >= 11 is 0. The van der Waals surface area contributed by atoms with Crippen molar-refractivity contribution in [2.24, 2.45) is 0 Å². The summed E-state index contributed by atoms with van der Waals surface area (Å²) in [6, 6.07) is 2.96. The molecule has 0 saturated heterocycles. The summed E-state index contributed by atoms with van der Waals surface area (Å²) in [5.41, 5.74) is 0.104. The molecule has 0 aliphatic heterocycles. The highest BCUT2D eigenvalue weighted by molar-refractivity contribution is 7.89. The highest BCUT2D eigenvalue weighted by atomic mass is 32.2. The topological polar surface area (TPSA) is 119 Å². The first-order valence-corrected chi connectivity index (χ1v) is 7.67.